The molecule has 84 valence electrons. The van der Waals surface area contributed by atoms with Gasteiger partial charge in [0.15, 0.2) is 5.78 Å². The highest BCUT2D eigenvalue weighted by Gasteiger charge is 2.52. The van der Waals surface area contributed by atoms with Gasteiger partial charge in [-0.2, -0.15) is 0 Å². The predicted octanol–water partition coefficient (Wildman–Crippen LogP) is 1.09. The highest BCUT2D eigenvalue weighted by Crippen LogP contribution is 2.38. The van der Waals surface area contributed by atoms with Crippen LogP contribution in [-0.2, 0) is 9.59 Å². The third-order valence-electron chi connectivity index (χ3n) is 3.83. The zero-order valence-electron chi connectivity index (χ0n) is 9.01. The van der Waals surface area contributed by atoms with Crippen LogP contribution in [0.4, 0.5) is 0 Å². The van der Waals surface area contributed by atoms with Crippen LogP contribution in [0.3, 0.4) is 0 Å². The molecule has 4 heteroatoms. The molecule has 0 radical (unpaired) electrons. The Morgan fingerprint density at radius 2 is 2.07 bits per heavy atom. The third kappa shape index (κ3) is 1.57. The van der Waals surface area contributed by atoms with E-state index in [0.29, 0.717) is 19.3 Å². The van der Waals surface area contributed by atoms with Crippen molar-refractivity contribution >= 4 is 11.8 Å². The van der Waals surface area contributed by atoms with Crippen LogP contribution in [0, 0.1) is 0 Å². The summed E-state index contributed by atoms with van der Waals surface area (Å²) in [6, 6.07) is 0. The van der Waals surface area contributed by atoms with E-state index in [1.54, 1.807) is 6.92 Å². The smallest absolute Gasteiger partial charge is 0.323 e. The maximum Gasteiger partial charge on any atom is 0.323 e. The zero-order valence-corrected chi connectivity index (χ0v) is 9.01. The van der Waals surface area contributed by atoms with E-state index in [1.165, 1.54) is 0 Å². The summed E-state index contributed by atoms with van der Waals surface area (Å²) in [7, 11) is 0. The zero-order chi connectivity index (χ0) is 11.1. The number of carboxylic acids is 1. The van der Waals surface area contributed by atoms with Gasteiger partial charge >= 0.3 is 5.97 Å². The minimum absolute atomic E-state index is 0.207. The quantitative estimate of drug-likeness (QED) is 0.681. The molecule has 1 aliphatic heterocycles. The van der Waals surface area contributed by atoms with Crippen LogP contribution in [0.15, 0.2) is 0 Å². The first-order valence-electron chi connectivity index (χ1n) is 5.55. The lowest BCUT2D eigenvalue weighted by molar-refractivity contribution is -0.144. The minimum atomic E-state index is -0.910. The van der Waals surface area contributed by atoms with Gasteiger partial charge in [0.25, 0.3) is 0 Å². The first kappa shape index (κ1) is 10.6. The van der Waals surface area contributed by atoms with Gasteiger partial charge < -0.3 is 5.11 Å². The molecule has 1 spiro atoms. The molecule has 15 heavy (non-hydrogen) atoms. The molecule has 0 bridgehead atoms. The van der Waals surface area contributed by atoms with Crippen LogP contribution >= 0.6 is 0 Å². The maximum atomic E-state index is 11.9. The molecule has 2 unspecified atom stereocenters. The molecule has 1 saturated heterocycles. The summed E-state index contributed by atoms with van der Waals surface area (Å²) in [5, 5.41) is 12.2. The van der Waals surface area contributed by atoms with Crippen molar-refractivity contribution in [3.63, 3.8) is 0 Å². The summed E-state index contributed by atoms with van der Waals surface area (Å²) in [5.41, 5.74) is -1.43. The molecule has 0 aromatic heterocycles. The van der Waals surface area contributed by atoms with Crippen molar-refractivity contribution in [1.82, 2.24) is 5.32 Å². The van der Waals surface area contributed by atoms with Crippen LogP contribution in [0.5, 0.6) is 0 Å². The molecule has 0 amide bonds. The molecule has 0 aromatic rings. The van der Waals surface area contributed by atoms with Crippen LogP contribution in [0.1, 0.15) is 45.4 Å². The Labute approximate surface area is 89.0 Å². The monoisotopic (exact) mass is 211 g/mol. The van der Waals surface area contributed by atoms with Gasteiger partial charge in [0.2, 0.25) is 0 Å². The van der Waals surface area contributed by atoms with Crippen LogP contribution in [0.2, 0.25) is 0 Å². The fourth-order valence-electron chi connectivity index (χ4n) is 2.76. The van der Waals surface area contributed by atoms with Crippen molar-refractivity contribution in [1.29, 1.82) is 0 Å². The van der Waals surface area contributed by atoms with Gasteiger partial charge in [0, 0.05) is 6.42 Å². The number of nitrogens with one attached hydrogen (secondary N) is 1. The van der Waals surface area contributed by atoms with E-state index in [0.717, 1.165) is 19.3 Å². The van der Waals surface area contributed by atoms with Crippen molar-refractivity contribution in [2.75, 3.05) is 0 Å². The van der Waals surface area contributed by atoms with Gasteiger partial charge in [-0.3, -0.25) is 14.9 Å². The largest absolute Gasteiger partial charge is 0.480 e. The minimum Gasteiger partial charge on any atom is -0.480 e. The normalized spacial score (nSPS) is 41.0. The van der Waals surface area contributed by atoms with E-state index >= 15 is 0 Å². The van der Waals surface area contributed by atoms with E-state index in [-0.39, 0.29) is 5.78 Å². The first-order chi connectivity index (χ1) is 6.99. The summed E-state index contributed by atoms with van der Waals surface area (Å²) in [6.07, 6.45) is 4.60. The molecule has 2 atom stereocenters. The fraction of sp³-hybridized carbons (Fsp3) is 0.818. The van der Waals surface area contributed by atoms with Gasteiger partial charge in [-0.25, -0.2) is 0 Å². The molecule has 1 saturated carbocycles. The van der Waals surface area contributed by atoms with Crippen molar-refractivity contribution in [2.45, 2.75) is 56.5 Å². The third-order valence-corrected chi connectivity index (χ3v) is 3.83. The average molecular weight is 211 g/mol. The number of carboxylic acid groups (broad SMARTS) is 1. The topological polar surface area (TPSA) is 66.4 Å². The van der Waals surface area contributed by atoms with Gasteiger partial charge in [-0.05, 0) is 32.6 Å². The van der Waals surface area contributed by atoms with Crippen molar-refractivity contribution in [3.8, 4) is 0 Å². The van der Waals surface area contributed by atoms with E-state index in [2.05, 4.69) is 5.32 Å². The SMILES string of the molecule is CC1(C(=O)O)CCC2(CCCCC2=O)N1. The number of carbonyl (C=O) groups is 2. The number of ketones is 1. The van der Waals surface area contributed by atoms with E-state index in [9.17, 15) is 9.59 Å². The Morgan fingerprint density at radius 3 is 2.60 bits per heavy atom. The van der Waals surface area contributed by atoms with E-state index in [1.807, 2.05) is 0 Å². The van der Waals surface area contributed by atoms with Crippen LogP contribution in [0.25, 0.3) is 0 Å². The Morgan fingerprint density at radius 1 is 1.33 bits per heavy atom. The Hall–Kier alpha value is -0.900. The van der Waals surface area contributed by atoms with Gasteiger partial charge in [-0.15, -0.1) is 0 Å². The molecule has 1 heterocycles. The van der Waals surface area contributed by atoms with Crippen molar-refractivity contribution < 1.29 is 14.7 Å². The summed E-state index contributed by atoms with van der Waals surface area (Å²) >= 11 is 0. The average Bonchev–Trinajstić information content (AvgIpc) is 2.52. The van der Waals surface area contributed by atoms with Gasteiger partial charge in [0.1, 0.15) is 5.54 Å². The molecular weight excluding hydrogens is 194 g/mol. The molecule has 2 N–H and O–H groups in total. The Bertz CT molecular complexity index is 315. The van der Waals surface area contributed by atoms with Gasteiger partial charge in [0.05, 0.1) is 5.54 Å². The predicted molar refractivity (Wildman–Crippen MR) is 54.6 cm³/mol. The number of hydrogen-bond donors (Lipinski definition) is 2. The van der Waals surface area contributed by atoms with Crippen molar-refractivity contribution in [2.24, 2.45) is 0 Å². The maximum absolute atomic E-state index is 11.9. The molecular formula is C11H17NO3. The molecule has 0 aromatic carbocycles. The molecule has 2 rings (SSSR count). The molecule has 4 nitrogen and oxygen atoms in total. The number of hydrogen-bond acceptors (Lipinski definition) is 3. The number of carbonyl (C=O) groups excluding carboxylic acids is 1. The van der Waals surface area contributed by atoms with E-state index in [4.69, 9.17) is 5.11 Å². The van der Waals surface area contributed by atoms with Crippen molar-refractivity contribution in [3.05, 3.63) is 0 Å². The summed E-state index contributed by atoms with van der Waals surface area (Å²) in [6.45, 7) is 1.67. The second-order valence-corrected chi connectivity index (χ2v) is 4.97. The standard InChI is InChI=1S/C11H17NO3/c1-10(9(14)15)6-7-11(12-10)5-3-2-4-8(11)13/h12H,2-7H2,1H3,(H,14,15). The highest BCUT2D eigenvalue weighted by molar-refractivity contribution is 5.91. The lowest BCUT2D eigenvalue weighted by Crippen LogP contribution is -2.57. The number of aliphatic carboxylic acids is 1. The lowest BCUT2D eigenvalue weighted by atomic mass is 9.80. The first-order valence-corrected chi connectivity index (χ1v) is 5.55. The summed E-state index contributed by atoms with van der Waals surface area (Å²) in [5.74, 6) is -0.642. The Balaban J connectivity index is 2.20. The molecule has 2 aliphatic rings. The second kappa shape index (κ2) is 3.30. The fourth-order valence-corrected chi connectivity index (χ4v) is 2.76. The summed E-state index contributed by atoms with van der Waals surface area (Å²) in [4.78, 5) is 23.0. The lowest BCUT2D eigenvalue weighted by Gasteiger charge is -2.34. The van der Waals surface area contributed by atoms with E-state index < -0.39 is 17.0 Å². The molecule has 2 fully saturated rings. The number of rotatable bonds is 1. The summed E-state index contributed by atoms with van der Waals surface area (Å²) < 4.78 is 0. The number of Topliss-reactive ketones (excluding diaryl/α,β-unsaturated/α-hetero) is 1. The second-order valence-electron chi connectivity index (χ2n) is 4.97. The van der Waals surface area contributed by atoms with Crippen LogP contribution < -0.4 is 5.32 Å². The van der Waals surface area contributed by atoms with Gasteiger partial charge in [-0.1, -0.05) is 6.42 Å². The van der Waals surface area contributed by atoms with Crippen LogP contribution in [-0.4, -0.2) is 27.9 Å². The Kier molecular flexibility index (Phi) is 2.34. The molecule has 1 aliphatic carbocycles. The highest BCUT2D eigenvalue weighted by atomic mass is 16.4.